The summed E-state index contributed by atoms with van der Waals surface area (Å²) >= 11 is 1.53. The predicted molar refractivity (Wildman–Crippen MR) is 79.8 cm³/mol. The van der Waals surface area contributed by atoms with E-state index in [1.165, 1.54) is 24.2 Å². The molecule has 2 aliphatic rings. The van der Waals surface area contributed by atoms with Crippen molar-refractivity contribution < 1.29 is 4.79 Å². The van der Waals surface area contributed by atoms with E-state index >= 15 is 0 Å². The molecule has 1 aromatic heterocycles. The summed E-state index contributed by atoms with van der Waals surface area (Å²) in [5, 5.41) is 4.15. The van der Waals surface area contributed by atoms with E-state index in [4.69, 9.17) is 5.73 Å². The van der Waals surface area contributed by atoms with Gasteiger partial charge in [0.25, 0.3) is 5.91 Å². The number of hydrogen-bond donors (Lipinski definition) is 2. The number of rotatable bonds is 3. The zero-order valence-electron chi connectivity index (χ0n) is 11.3. The molecule has 0 aromatic carbocycles. The van der Waals surface area contributed by atoms with Crippen molar-refractivity contribution in [2.24, 2.45) is 5.92 Å². The van der Waals surface area contributed by atoms with E-state index in [0.717, 1.165) is 36.9 Å². The highest BCUT2D eigenvalue weighted by Crippen LogP contribution is 2.35. The van der Waals surface area contributed by atoms with Crippen LogP contribution in [0.1, 0.15) is 42.3 Å². The van der Waals surface area contributed by atoms with Crippen LogP contribution in [0.2, 0.25) is 0 Å². The largest absolute Gasteiger partial charge is 0.397 e. The number of anilines is 2. The van der Waals surface area contributed by atoms with Gasteiger partial charge in [-0.2, -0.15) is 0 Å². The van der Waals surface area contributed by atoms with Gasteiger partial charge in [-0.1, -0.05) is 6.92 Å². The Morgan fingerprint density at radius 1 is 1.37 bits per heavy atom. The minimum absolute atomic E-state index is 0.00151. The average molecular weight is 279 g/mol. The van der Waals surface area contributed by atoms with Crippen LogP contribution in [0, 0.1) is 5.92 Å². The molecule has 5 heteroatoms. The Kier molecular flexibility index (Phi) is 3.39. The van der Waals surface area contributed by atoms with Crippen molar-refractivity contribution in [3.05, 3.63) is 10.9 Å². The lowest BCUT2D eigenvalue weighted by Crippen LogP contribution is -2.32. The number of thiophene rings is 1. The molecule has 1 aromatic rings. The first-order chi connectivity index (χ1) is 9.13. The predicted octanol–water partition coefficient (Wildman–Crippen LogP) is 2.46. The van der Waals surface area contributed by atoms with Crippen LogP contribution in [0.15, 0.2) is 6.07 Å². The van der Waals surface area contributed by atoms with Gasteiger partial charge in [-0.3, -0.25) is 4.79 Å². The van der Waals surface area contributed by atoms with E-state index in [1.807, 2.05) is 6.07 Å². The molecule has 0 spiro atoms. The van der Waals surface area contributed by atoms with Crippen molar-refractivity contribution in [1.82, 2.24) is 5.32 Å². The van der Waals surface area contributed by atoms with Crippen LogP contribution in [-0.4, -0.2) is 25.0 Å². The van der Waals surface area contributed by atoms with Crippen LogP contribution in [0.5, 0.6) is 0 Å². The number of amides is 1. The highest BCUT2D eigenvalue weighted by molar-refractivity contribution is 7.18. The summed E-state index contributed by atoms with van der Waals surface area (Å²) < 4.78 is 0. The van der Waals surface area contributed by atoms with Gasteiger partial charge in [0.15, 0.2) is 0 Å². The maximum Gasteiger partial charge on any atom is 0.263 e. The van der Waals surface area contributed by atoms with E-state index in [9.17, 15) is 4.79 Å². The number of nitrogens with two attached hydrogens (primary N) is 1. The highest BCUT2D eigenvalue weighted by Gasteiger charge is 2.26. The Morgan fingerprint density at radius 3 is 2.68 bits per heavy atom. The van der Waals surface area contributed by atoms with Crippen molar-refractivity contribution >= 4 is 27.9 Å². The first kappa shape index (κ1) is 12.8. The second-order valence-electron chi connectivity index (χ2n) is 5.79. The fraction of sp³-hybridized carbons (Fsp3) is 0.643. The van der Waals surface area contributed by atoms with E-state index in [0.29, 0.717) is 16.6 Å². The van der Waals surface area contributed by atoms with E-state index in [-0.39, 0.29) is 5.91 Å². The second kappa shape index (κ2) is 5.04. The quantitative estimate of drug-likeness (QED) is 0.893. The molecule has 1 saturated carbocycles. The smallest absolute Gasteiger partial charge is 0.263 e. The molecule has 1 aliphatic carbocycles. The van der Waals surface area contributed by atoms with Crippen molar-refractivity contribution in [3.8, 4) is 0 Å². The molecule has 2 fully saturated rings. The van der Waals surface area contributed by atoms with Crippen LogP contribution in [-0.2, 0) is 0 Å². The van der Waals surface area contributed by atoms with Crippen LogP contribution >= 0.6 is 11.3 Å². The first-order valence-corrected chi connectivity index (χ1v) is 7.90. The normalized spacial score (nSPS) is 20.6. The molecule has 1 saturated heterocycles. The molecule has 19 heavy (non-hydrogen) atoms. The molecular weight excluding hydrogens is 258 g/mol. The molecule has 1 aliphatic heterocycles. The SMILES string of the molecule is CC1CCN(c2cc(N)c(C(=O)NC3CC3)s2)CC1. The van der Waals surface area contributed by atoms with Crippen LogP contribution in [0.3, 0.4) is 0 Å². The molecule has 2 heterocycles. The van der Waals surface area contributed by atoms with Crippen molar-refractivity contribution in [2.75, 3.05) is 23.7 Å². The monoisotopic (exact) mass is 279 g/mol. The Hall–Kier alpha value is -1.23. The summed E-state index contributed by atoms with van der Waals surface area (Å²) in [5.74, 6) is 0.813. The number of nitrogen functional groups attached to an aromatic ring is 1. The third-order valence-corrected chi connectivity index (χ3v) is 5.17. The van der Waals surface area contributed by atoms with E-state index in [1.54, 1.807) is 0 Å². The third-order valence-electron chi connectivity index (χ3n) is 3.96. The molecule has 3 N–H and O–H groups in total. The minimum atomic E-state index is 0.00151. The Bertz CT molecular complexity index is 473. The second-order valence-corrected chi connectivity index (χ2v) is 6.82. The zero-order valence-corrected chi connectivity index (χ0v) is 12.1. The molecule has 104 valence electrons. The molecular formula is C14H21N3OS. The lowest BCUT2D eigenvalue weighted by atomic mass is 9.99. The third kappa shape index (κ3) is 2.86. The maximum atomic E-state index is 12.1. The van der Waals surface area contributed by atoms with Gasteiger partial charge >= 0.3 is 0 Å². The summed E-state index contributed by atoms with van der Waals surface area (Å²) in [6.45, 7) is 4.45. The van der Waals surface area contributed by atoms with Crippen molar-refractivity contribution in [1.29, 1.82) is 0 Å². The highest BCUT2D eigenvalue weighted by atomic mass is 32.1. The Labute approximate surface area is 118 Å². The first-order valence-electron chi connectivity index (χ1n) is 7.08. The van der Waals surface area contributed by atoms with Crippen LogP contribution < -0.4 is 16.0 Å². The Balaban J connectivity index is 1.71. The topological polar surface area (TPSA) is 58.4 Å². The molecule has 4 nitrogen and oxygen atoms in total. The fourth-order valence-electron chi connectivity index (χ4n) is 2.43. The van der Waals surface area contributed by atoms with Gasteiger partial charge in [0, 0.05) is 19.1 Å². The van der Waals surface area contributed by atoms with Crippen molar-refractivity contribution in [3.63, 3.8) is 0 Å². The van der Waals surface area contributed by atoms with Gasteiger partial charge in [-0.05, 0) is 37.7 Å². The average Bonchev–Trinajstić information content (AvgIpc) is 3.11. The van der Waals surface area contributed by atoms with Crippen LogP contribution in [0.25, 0.3) is 0 Å². The summed E-state index contributed by atoms with van der Waals surface area (Å²) in [5.41, 5.74) is 6.62. The van der Waals surface area contributed by atoms with E-state index in [2.05, 4.69) is 17.1 Å². The Morgan fingerprint density at radius 2 is 2.05 bits per heavy atom. The number of hydrogen-bond acceptors (Lipinski definition) is 4. The molecule has 1 amide bonds. The fourth-order valence-corrected chi connectivity index (χ4v) is 3.47. The van der Waals surface area contributed by atoms with E-state index < -0.39 is 0 Å². The standard InChI is InChI=1S/C14H21N3OS/c1-9-4-6-17(7-5-9)12-8-11(15)13(19-12)14(18)16-10-2-3-10/h8-10H,2-7,15H2,1H3,(H,16,18). The number of piperidine rings is 1. The van der Waals surface area contributed by atoms with Gasteiger partial charge in [-0.15, -0.1) is 11.3 Å². The molecule has 3 rings (SSSR count). The molecule has 0 unspecified atom stereocenters. The number of carbonyl (C=O) groups excluding carboxylic acids is 1. The number of carbonyl (C=O) groups is 1. The summed E-state index contributed by atoms with van der Waals surface area (Å²) in [4.78, 5) is 15.1. The van der Waals surface area contributed by atoms with Gasteiger partial charge < -0.3 is 16.0 Å². The summed E-state index contributed by atoms with van der Waals surface area (Å²) in [6, 6.07) is 2.34. The zero-order chi connectivity index (χ0) is 13.4. The number of nitrogens with one attached hydrogen (secondary N) is 1. The lowest BCUT2D eigenvalue weighted by molar-refractivity contribution is 0.0956. The summed E-state index contributed by atoms with van der Waals surface area (Å²) in [6.07, 6.45) is 4.66. The number of nitrogens with zero attached hydrogens (tertiary/aromatic N) is 1. The van der Waals surface area contributed by atoms with Gasteiger partial charge in [0.2, 0.25) is 0 Å². The van der Waals surface area contributed by atoms with Gasteiger partial charge in [-0.25, -0.2) is 0 Å². The lowest BCUT2D eigenvalue weighted by Gasteiger charge is -2.30. The molecule has 0 radical (unpaired) electrons. The van der Waals surface area contributed by atoms with Gasteiger partial charge in [0.05, 0.1) is 10.7 Å². The van der Waals surface area contributed by atoms with Crippen LogP contribution in [0.4, 0.5) is 10.7 Å². The van der Waals surface area contributed by atoms with Gasteiger partial charge in [0.1, 0.15) is 4.88 Å². The van der Waals surface area contributed by atoms with Crippen molar-refractivity contribution in [2.45, 2.75) is 38.6 Å². The maximum absolute atomic E-state index is 12.1. The molecule has 0 atom stereocenters. The summed E-state index contributed by atoms with van der Waals surface area (Å²) in [7, 11) is 0. The molecule has 0 bridgehead atoms. The minimum Gasteiger partial charge on any atom is -0.397 e.